The molecular formula is C15H19N5O. The predicted molar refractivity (Wildman–Crippen MR) is 80.5 cm³/mol. The van der Waals surface area contributed by atoms with Gasteiger partial charge in [-0.1, -0.05) is 13.8 Å². The molecule has 0 spiro atoms. The largest absolute Gasteiger partial charge is 0.352 e. The fourth-order valence-electron chi connectivity index (χ4n) is 2.56. The maximum Gasteiger partial charge on any atom is 0.256 e. The third-order valence-corrected chi connectivity index (χ3v) is 3.69. The monoisotopic (exact) mass is 285 g/mol. The maximum atomic E-state index is 12.1. The van der Waals surface area contributed by atoms with Crippen molar-refractivity contribution < 1.29 is 0 Å². The van der Waals surface area contributed by atoms with E-state index < -0.39 is 0 Å². The van der Waals surface area contributed by atoms with Crippen LogP contribution < -0.4 is 10.5 Å². The number of aromatic amines is 1. The molecule has 0 unspecified atom stereocenters. The zero-order valence-corrected chi connectivity index (χ0v) is 12.6. The first-order valence-electron chi connectivity index (χ1n) is 7.21. The summed E-state index contributed by atoms with van der Waals surface area (Å²) in [4.78, 5) is 30.3. The zero-order chi connectivity index (χ0) is 15.0. The van der Waals surface area contributed by atoms with Gasteiger partial charge in [-0.05, 0) is 13.0 Å². The molecule has 0 saturated heterocycles. The van der Waals surface area contributed by atoms with Crippen molar-refractivity contribution >= 4 is 5.82 Å². The smallest absolute Gasteiger partial charge is 0.256 e. The van der Waals surface area contributed by atoms with Gasteiger partial charge in [0.2, 0.25) is 0 Å². The number of aryl methyl sites for hydroxylation is 1. The van der Waals surface area contributed by atoms with Gasteiger partial charge >= 0.3 is 0 Å². The van der Waals surface area contributed by atoms with E-state index in [0.29, 0.717) is 12.4 Å². The third kappa shape index (κ3) is 2.66. The Morgan fingerprint density at radius 2 is 2.14 bits per heavy atom. The summed E-state index contributed by atoms with van der Waals surface area (Å²) in [6.45, 7) is 7.32. The van der Waals surface area contributed by atoms with Gasteiger partial charge in [-0.25, -0.2) is 15.0 Å². The van der Waals surface area contributed by atoms with Crippen molar-refractivity contribution in [3.63, 3.8) is 0 Å². The zero-order valence-electron chi connectivity index (χ0n) is 12.6. The van der Waals surface area contributed by atoms with E-state index in [1.54, 1.807) is 6.20 Å². The fraction of sp³-hybridized carbons (Fsp3) is 0.467. The molecule has 0 aliphatic carbocycles. The molecule has 6 heteroatoms. The van der Waals surface area contributed by atoms with E-state index >= 15 is 0 Å². The van der Waals surface area contributed by atoms with Crippen LogP contribution in [0.3, 0.4) is 0 Å². The first kappa shape index (κ1) is 13.7. The van der Waals surface area contributed by atoms with E-state index in [9.17, 15) is 4.79 Å². The predicted octanol–water partition coefficient (Wildman–Crippen LogP) is 1.55. The van der Waals surface area contributed by atoms with Crippen LogP contribution in [-0.2, 0) is 13.0 Å². The minimum atomic E-state index is -0.0414. The Bertz CT molecular complexity index is 722. The lowest BCUT2D eigenvalue weighted by molar-refractivity contribution is 0.674. The van der Waals surface area contributed by atoms with Crippen LogP contribution >= 0.6 is 0 Å². The van der Waals surface area contributed by atoms with Gasteiger partial charge in [0.25, 0.3) is 5.56 Å². The van der Waals surface area contributed by atoms with Crippen molar-refractivity contribution in [2.45, 2.75) is 39.7 Å². The second-order valence-corrected chi connectivity index (χ2v) is 5.68. The lowest BCUT2D eigenvalue weighted by atomic mass is 10.1. The summed E-state index contributed by atoms with van der Waals surface area (Å²) in [5, 5.41) is 0. The van der Waals surface area contributed by atoms with Gasteiger partial charge in [-0.2, -0.15) is 0 Å². The Hall–Kier alpha value is -2.24. The fourth-order valence-corrected chi connectivity index (χ4v) is 2.56. The van der Waals surface area contributed by atoms with Crippen LogP contribution in [-0.4, -0.2) is 26.5 Å². The Kier molecular flexibility index (Phi) is 3.45. The average molecular weight is 285 g/mol. The molecular weight excluding hydrogens is 266 g/mol. The molecule has 2 aromatic heterocycles. The van der Waals surface area contributed by atoms with Crippen molar-refractivity contribution in [3.8, 4) is 0 Å². The molecule has 1 aliphatic rings. The van der Waals surface area contributed by atoms with E-state index in [2.05, 4.69) is 38.7 Å². The molecule has 0 saturated carbocycles. The summed E-state index contributed by atoms with van der Waals surface area (Å²) in [7, 11) is 0. The minimum absolute atomic E-state index is 0.0414. The van der Waals surface area contributed by atoms with E-state index in [-0.39, 0.29) is 11.5 Å². The number of anilines is 1. The van der Waals surface area contributed by atoms with Gasteiger partial charge in [0.05, 0.1) is 17.8 Å². The molecule has 3 heterocycles. The molecule has 110 valence electrons. The Balaban J connectivity index is 1.93. The highest BCUT2D eigenvalue weighted by Gasteiger charge is 2.22. The summed E-state index contributed by atoms with van der Waals surface area (Å²) in [6.07, 6.45) is 2.55. The first-order chi connectivity index (χ1) is 10.0. The van der Waals surface area contributed by atoms with Crippen molar-refractivity contribution in [2.24, 2.45) is 0 Å². The van der Waals surface area contributed by atoms with E-state index in [1.165, 1.54) is 0 Å². The molecule has 0 radical (unpaired) electrons. The van der Waals surface area contributed by atoms with E-state index in [0.717, 1.165) is 35.9 Å². The number of hydrogen-bond donors (Lipinski definition) is 1. The summed E-state index contributed by atoms with van der Waals surface area (Å²) in [6, 6.07) is 1.90. The van der Waals surface area contributed by atoms with Crippen LogP contribution in [0.15, 0.2) is 17.1 Å². The van der Waals surface area contributed by atoms with Crippen LogP contribution in [0, 0.1) is 6.92 Å². The van der Waals surface area contributed by atoms with Crippen LogP contribution in [0.5, 0.6) is 0 Å². The Morgan fingerprint density at radius 1 is 1.33 bits per heavy atom. The van der Waals surface area contributed by atoms with E-state index in [1.807, 2.05) is 13.0 Å². The van der Waals surface area contributed by atoms with Gasteiger partial charge in [0.1, 0.15) is 17.5 Å². The summed E-state index contributed by atoms with van der Waals surface area (Å²) >= 11 is 0. The van der Waals surface area contributed by atoms with Gasteiger partial charge in [-0.15, -0.1) is 0 Å². The molecule has 1 N–H and O–H groups in total. The van der Waals surface area contributed by atoms with Crippen LogP contribution in [0.4, 0.5) is 5.82 Å². The number of H-pyrrole nitrogens is 1. The lowest BCUT2D eigenvalue weighted by Gasteiger charge is -2.28. The Labute approximate surface area is 123 Å². The average Bonchev–Trinajstić information content (AvgIpc) is 2.47. The maximum absolute atomic E-state index is 12.1. The SMILES string of the molecule is Cc1nc2c(c(=O)[nH]1)CN(c1ccnc(C(C)C)n1)CC2. The number of hydrogen-bond acceptors (Lipinski definition) is 5. The second kappa shape index (κ2) is 5.27. The van der Waals surface area contributed by atoms with Crippen molar-refractivity contribution in [3.05, 3.63) is 45.5 Å². The van der Waals surface area contributed by atoms with Crippen molar-refractivity contribution in [1.82, 2.24) is 19.9 Å². The molecule has 0 fully saturated rings. The molecule has 1 aliphatic heterocycles. The molecule has 3 rings (SSSR count). The molecule has 6 nitrogen and oxygen atoms in total. The van der Waals surface area contributed by atoms with Crippen molar-refractivity contribution in [2.75, 3.05) is 11.4 Å². The summed E-state index contributed by atoms with van der Waals surface area (Å²) < 4.78 is 0. The number of nitrogens with zero attached hydrogens (tertiary/aromatic N) is 4. The van der Waals surface area contributed by atoms with Crippen LogP contribution in [0.2, 0.25) is 0 Å². The highest BCUT2D eigenvalue weighted by Crippen LogP contribution is 2.21. The number of nitrogens with one attached hydrogen (secondary N) is 1. The van der Waals surface area contributed by atoms with E-state index in [4.69, 9.17) is 0 Å². The number of fused-ring (bicyclic) bond motifs is 1. The molecule has 0 bridgehead atoms. The second-order valence-electron chi connectivity index (χ2n) is 5.68. The van der Waals surface area contributed by atoms with Crippen LogP contribution in [0.1, 0.15) is 42.7 Å². The minimum Gasteiger partial charge on any atom is -0.352 e. The van der Waals surface area contributed by atoms with Gasteiger partial charge in [-0.3, -0.25) is 4.79 Å². The standard InChI is InChI=1S/C15H19N5O/c1-9(2)14-16-6-4-13(19-14)20-7-5-12-11(8-20)15(21)18-10(3)17-12/h4,6,9H,5,7-8H2,1-3H3,(H,17,18,21). The van der Waals surface area contributed by atoms with Gasteiger partial charge in [0.15, 0.2) is 0 Å². The lowest BCUT2D eigenvalue weighted by Crippen LogP contribution is -2.36. The van der Waals surface area contributed by atoms with Gasteiger partial charge in [0, 0.05) is 25.1 Å². The normalized spacial score (nSPS) is 14.4. The summed E-state index contributed by atoms with van der Waals surface area (Å²) in [5.74, 6) is 2.67. The molecule has 0 atom stereocenters. The topological polar surface area (TPSA) is 74.8 Å². The molecule has 2 aromatic rings. The highest BCUT2D eigenvalue weighted by atomic mass is 16.1. The number of aromatic nitrogens is 4. The number of rotatable bonds is 2. The summed E-state index contributed by atoms with van der Waals surface area (Å²) in [5.41, 5.74) is 1.61. The Morgan fingerprint density at radius 3 is 2.90 bits per heavy atom. The van der Waals surface area contributed by atoms with Crippen molar-refractivity contribution in [1.29, 1.82) is 0 Å². The first-order valence-corrected chi connectivity index (χ1v) is 7.21. The quantitative estimate of drug-likeness (QED) is 0.906. The molecule has 21 heavy (non-hydrogen) atoms. The third-order valence-electron chi connectivity index (χ3n) is 3.69. The van der Waals surface area contributed by atoms with Gasteiger partial charge < -0.3 is 9.88 Å². The molecule has 0 amide bonds. The highest BCUT2D eigenvalue weighted by molar-refractivity contribution is 5.42. The van der Waals surface area contributed by atoms with Crippen LogP contribution in [0.25, 0.3) is 0 Å². The molecule has 0 aromatic carbocycles.